The van der Waals surface area contributed by atoms with Crippen molar-refractivity contribution < 1.29 is 4.79 Å². The molecule has 1 saturated heterocycles. The van der Waals surface area contributed by atoms with Gasteiger partial charge in [0.15, 0.2) is 0 Å². The van der Waals surface area contributed by atoms with Crippen molar-refractivity contribution in [2.45, 2.75) is 45.6 Å². The highest BCUT2D eigenvalue weighted by atomic mass is 32.1. The number of piperidine rings is 1. The molecule has 1 aliphatic heterocycles. The zero-order valence-electron chi connectivity index (χ0n) is 14.8. The van der Waals surface area contributed by atoms with Crippen LogP contribution in [0, 0.1) is 5.92 Å². The van der Waals surface area contributed by atoms with Crippen LogP contribution in [-0.2, 0) is 0 Å². The van der Waals surface area contributed by atoms with Crippen LogP contribution in [0.2, 0.25) is 0 Å². The number of nitrogens with zero attached hydrogens (tertiary/aromatic N) is 3. The highest BCUT2D eigenvalue weighted by molar-refractivity contribution is 7.09. The largest absolute Gasteiger partial charge is 0.336 e. The number of hydrogen-bond acceptors (Lipinski definition) is 4. The number of likely N-dealkylation sites (tertiary alicyclic amines) is 1. The lowest BCUT2D eigenvalue weighted by molar-refractivity contribution is 0.135. The molecule has 1 aromatic rings. The Balaban J connectivity index is 1.73. The summed E-state index contributed by atoms with van der Waals surface area (Å²) in [4.78, 5) is 20.9. The molecule has 0 saturated carbocycles. The molecule has 0 bridgehead atoms. The summed E-state index contributed by atoms with van der Waals surface area (Å²) in [5.41, 5.74) is 0. The van der Waals surface area contributed by atoms with E-state index in [1.807, 2.05) is 18.6 Å². The summed E-state index contributed by atoms with van der Waals surface area (Å²) in [6.45, 7) is 10.3. The molecular formula is C17H30N4OS. The molecule has 0 radical (unpaired) electrons. The van der Waals surface area contributed by atoms with Crippen molar-refractivity contribution >= 4 is 17.4 Å². The first-order valence-corrected chi connectivity index (χ1v) is 9.47. The molecule has 130 valence electrons. The van der Waals surface area contributed by atoms with Crippen LogP contribution in [0.25, 0.3) is 0 Å². The average Bonchev–Trinajstić information content (AvgIpc) is 3.06. The Morgan fingerprint density at radius 2 is 2.35 bits per heavy atom. The van der Waals surface area contributed by atoms with E-state index in [2.05, 4.69) is 36.0 Å². The average molecular weight is 339 g/mol. The Morgan fingerprint density at radius 1 is 1.57 bits per heavy atom. The lowest BCUT2D eigenvalue weighted by Crippen LogP contribution is -2.48. The van der Waals surface area contributed by atoms with Gasteiger partial charge in [-0.05, 0) is 32.2 Å². The molecule has 6 heteroatoms. The molecule has 0 unspecified atom stereocenters. The zero-order chi connectivity index (χ0) is 16.8. The van der Waals surface area contributed by atoms with Crippen LogP contribution in [0.1, 0.15) is 44.5 Å². The molecule has 3 atom stereocenters. The minimum atomic E-state index is 0.00492. The highest BCUT2D eigenvalue weighted by Gasteiger charge is 2.22. The van der Waals surface area contributed by atoms with E-state index in [0.717, 1.165) is 24.0 Å². The van der Waals surface area contributed by atoms with Crippen LogP contribution in [-0.4, -0.2) is 60.1 Å². The van der Waals surface area contributed by atoms with Crippen LogP contribution >= 0.6 is 11.3 Å². The molecule has 2 heterocycles. The lowest BCUT2D eigenvalue weighted by Gasteiger charge is -2.35. The smallest absolute Gasteiger partial charge is 0.317 e. The van der Waals surface area contributed by atoms with E-state index in [1.165, 1.54) is 12.8 Å². The monoisotopic (exact) mass is 338 g/mol. The quantitative estimate of drug-likeness (QED) is 0.867. The summed E-state index contributed by atoms with van der Waals surface area (Å²) in [6, 6.07) is 0.400. The molecule has 0 spiro atoms. The van der Waals surface area contributed by atoms with Crippen molar-refractivity contribution in [3.8, 4) is 0 Å². The number of hydrogen-bond donors (Lipinski definition) is 1. The van der Waals surface area contributed by atoms with E-state index >= 15 is 0 Å². The Morgan fingerprint density at radius 3 is 3.00 bits per heavy atom. The van der Waals surface area contributed by atoms with Crippen molar-refractivity contribution in [3.63, 3.8) is 0 Å². The number of likely N-dealkylation sites (N-methyl/N-ethyl adjacent to an activating group) is 1. The van der Waals surface area contributed by atoms with E-state index in [4.69, 9.17) is 0 Å². The van der Waals surface area contributed by atoms with Gasteiger partial charge in [0.25, 0.3) is 0 Å². The predicted molar refractivity (Wildman–Crippen MR) is 96.0 cm³/mol. The molecule has 2 amide bonds. The van der Waals surface area contributed by atoms with E-state index in [-0.39, 0.29) is 11.9 Å². The van der Waals surface area contributed by atoms with E-state index < -0.39 is 0 Å². The molecule has 1 aliphatic rings. The first-order valence-electron chi connectivity index (χ1n) is 8.59. The number of thiazole rings is 1. The van der Waals surface area contributed by atoms with E-state index in [9.17, 15) is 4.79 Å². The number of amides is 2. The molecular weight excluding hydrogens is 308 g/mol. The van der Waals surface area contributed by atoms with Crippen LogP contribution < -0.4 is 5.32 Å². The third-order valence-corrected chi connectivity index (χ3v) is 5.63. The topological polar surface area (TPSA) is 48.5 Å². The van der Waals surface area contributed by atoms with Crippen molar-refractivity contribution in [2.75, 3.05) is 33.2 Å². The third kappa shape index (κ3) is 5.46. The normalized spacial score (nSPS) is 21.7. The molecule has 1 fully saturated rings. The first kappa shape index (κ1) is 18.2. The second kappa shape index (κ2) is 8.64. The van der Waals surface area contributed by atoms with Crippen LogP contribution in [0.5, 0.6) is 0 Å². The van der Waals surface area contributed by atoms with Crippen LogP contribution in [0.4, 0.5) is 4.79 Å². The van der Waals surface area contributed by atoms with Gasteiger partial charge in [-0.3, -0.25) is 4.90 Å². The molecule has 1 N–H and O–H groups in total. The van der Waals surface area contributed by atoms with Gasteiger partial charge in [0, 0.05) is 50.2 Å². The Hall–Kier alpha value is -1.14. The molecule has 1 aromatic heterocycles. The maximum atomic E-state index is 12.3. The lowest BCUT2D eigenvalue weighted by atomic mass is 9.99. The first-order chi connectivity index (χ1) is 11.0. The van der Waals surface area contributed by atoms with Crippen molar-refractivity contribution in [1.82, 2.24) is 20.1 Å². The van der Waals surface area contributed by atoms with Gasteiger partial charge in [-0.15, -0.1) is 11.3 Å². The van der Waals surface area contributed by atoms with Gasteiger partial charge in [0.2, 0.25) is 0 Å². The molecule has 2 rings (SSSR count). The molecule has 0 aromatic carbocycles. The number of rotatable bonds is 6. The van der Waals surface area contributed by atoms with Gasteiger partial charge < -0.3 is 10.2 Å². The molecule has 23 heavy (non-hydrogen) atoms. The summed E-state index contributed by atoms with van der Waals surface area (Å²) in [5, 5.41) is 6.14. The van der Waals surface area contributed by atoms with Gasteiger partial charge >= 0.3 is 6.03 Å². The number of carbonyl (C=O) groups excluding carboxylic acids is 1. The number of nitrogens with one attached hydrogen (secondary N) is 1. The Labute approximate surface area is 144 Å². The summed E-state index contributed by atoms with van der Waals surface area (Å²) < 4.78 is 0. The number of urea groups is 1. The fourth-order valence-corrected chi connectivity index (χ4v) is 3.86. The minimum Gasteiger partial charge on any atom is -0.336 e. The summed E-state index contributed by atoms with van der Waals surface area (Å²) >= 11 is 1.65. The Kier molecular flexibility index (Phi) is 6.84. The van der Waals surface area contributed by atoms with E-state index in [0.29, 0.717) is 19.1 Å². The minimum absolute atomic E-state index is 0.00492. The number of aromatic nitrogens is 1. The van der Waals surface area contributed by atoms with Crippen molar-refractivity contribution in [2.24, 2.45) is 5.92 Å². The van der Waals surface area contributed by atoms with Crippen molar-refractivity contribution in [1.29, 1.82) is 0 Å². The SMILES string of the molecule is C[C@@H]1CCCN([C@@H](C)CNC(=O)N(C)C[C@H](C)c2nccs2)C1. The highest BCUT2D eigenvalue weighted by Crippen LogP contribution is 2.19. The van der Waals surface area contributed by atoms with Gasteiger partial charge in [-0.1, -0.05) is 13.8 Å². The second-order valence-corrected chi connectivity index (χ2v) is 7.86. The summed E-state index contributed by atoms with van der Waals surface area (Å²) in [5.74, 6) is 1.04. The van der Waals surface area contributed by atoms with Gasteiger partial charge in [-0.25, -0.2) is 9.78 Å². The van der Waals surface area contributed by atoms with Gasteiger partial charge in [-0.2, -0.15) is 0 Å². The zero-order valence-corrected chi connectivity index (χ0v) is 15.6. The third-order valence-electron chi connectivity index (χ3n) is 4.63. The maximum absolute atomic E-state index is 12.3. The second-order valence-electron chi connectivity index (χ2n) is 6.93. The van der Waals surface area contributed by atoms with Crippen molar-refractivity contribution in [3.05, 3.63) is 16.6 Å². The standard InChI is InChI=1S/C17H30N4OS/c1-13-6-5-8-21(11-13)15(3)10-19-17(22)20(4)12-14(2)16-18-7-9-23-16/h7,9,13-15H,5-6,8,10-12H2,1-4H3,(H,19,22)/t13-,14+,15+/m1/s1. The fraction of sp³-hybridized carbons (Fsp3) is 0.765. The van der Waals surface area contributed by atoms with Crippen LogP contribution in [0.15, 0.2) is 11.6 Å². The van der Waals surface area contributed by atoms with Gasteiger partial charge in [0.1, 0.15) is 0 Å². The fourth-order valence-electron chi connectivity index (χ4n) is 3.17. The molecule has 5 nitrogen and oxygen atoms in total. The number of carbonyl (C=O) groups is 1. The summed E-state index contributed by atoms with van der Waals surface area (Å²) in [6.07, 6.45) is 4.41. The van der Waals surface area contributed by atoms with Gasteiger partial charge in [0.05, 0.1) is 5.01 Å². The van der Waals surface area contributed by atoms with E-state index in [1.54, 1.807) is 16.2 Å². The van der Waals surface area contributed by atoms with Crippen LogP contribution in [0.3, 0.4) is 0 Å². The predicted octanol–water partition coefficient (Wildman–Crippen LogP) is 3.01. The summed E-state index contributed by atoms with van der Waals surface area (Å²) in [7, 11) is 1.85. The Bertz CT molecular complexity index is 479. The maximum Gasteiger partial charge on any atom is 0.317 e. The molecule has 0 aliphatic carbocycles.